The molecule has 0 saturated heterocycles. The topological polar surface area (TPSA) is 444 Å². The second-order valence-electron chi connectivity index (χ2n) is 15.9. The van der Waals surface area contributed by atoms with Crippen LogP contribution in [0.15, 0.2) is 130 Å². The molecule has 27 heteroatoms. The fraction of sp³-hybridized carbons (Fsp3) is 0.192. The molecule has 0 unspecified atom stereocenters. The molecular formula is C52H59ClN9NaO16. The Morgan fingerprint density at radius 3 is 1.42 bits per heavy atom. The van der Waals surface area contributed by atoms with Crippen LogP contribution in [0.3, 0.4) is 0 Å². The Morgan fingerprint density at radius 1 is 0.671 bits per heavy atom. The molecule has 7 rings (SSSR count). The summed E-state index contributed by atoms with van der Waals surface area (Å²) >= 11 is 4.87. The van der Waals surface area contributed by atoms with E-state index in [4.69, 9.17) is 33.1 Å². The zero-order valence-electron chi connectivity index (χ0n) is 44.0. The van der Waals surface area contributed by atoms with Crippen LogP contribution in [0, 0.1) is 50.3 Å². The number of aryl methyl sites for hydroxylation is 5. The van der Waals surface area contributed by atoms with Crippen LogP contribution in [0.4, 0.5) is 22.7 Å². The van der Waals surface area contributed by atoms with E-state index >= 15 is 0 Å². The number of nitrogens with two attached hydrogens (primary N) is 2. The summed E-state index contributed by atoms with van der Waals surface area (Å²) in [5.41, 5.74) is 17.4. The monoisotopic (exact) mass is 1120 g/mol. The molecule has 2 aromatic heterocycles. The number of carboxylic acid groups (broad SMARTS) is 2. The maximum absolute atomic E-state index is 11.3. The molecule has 0 aliphatic heterocycles. The van der Waals surface area contributed by atoms with Gasteiger partial charge in [-0.05, 0) is 114 Å². The molecule has 0 atom stereocenters. The van der Waals surface area contributed by atoms with Crippen molar-refractivity contribution in [3.8, 4) is 11.5 Å². The number of halogens is 1. The number of aromatic amines is 2. The second kappa shape index (κ2) is 37.7. The molecule has 2 heterocycles. The van der Waals surface area contributed by atoms with Gasteiger partial charge in [0.15, 0.2) is 0 Å². The van der Waals surface area contributed by atoms with Gasteiger partial charge >= 0.3 is 58.7 Å². The Balaban J connectivity index is 0. The first-order chi connectivity index (χ1) is 36.2. The third kappa shape index (κ3) is 29.8. The number of nitrogen functional groups attached to an aromatic ring is 1. The summed E-state index contributed by atoms with van der Waals surface area (Å²) in [6, 6.07) is 33.7. The number of fused-ring (bicyclic) bond motifs is 2. The molecule has 25 nitrogen and oxygen atoms in total. The summed E-state index contributed by atoms with van der Waals surface area (Å²) < 4.78 is 4.41. The van der Waals surface area contributed by atoms with E-state index in [1.165, 1.54) is 11.6 Å². The van der Waals surface area contributed by atoms with Crippen LogP contribution in [0.5, 0.6) is 11.5 Å². The number of aromatic nitrogens is 2. The smallest absolute Gasteiger partial charge is 0.870 e. The number of pyridine rings is 2. The predicted octanol–water partition coefficient (Wildman–Crippen LogP) is 4.81. The number of aliphatic carboxylic acids is 2. The molecular weight excluding hydrogens is 1070 g/mol. The molecule has 416 valence electrons. The zero-order chi connectivity index (χ0) is 58.4. The van der Waals surface area contributed by atoms with Crippen LogP contribution in [0.2, 0.25) is 0 Å². The molecule has 0 saturated carbocycles. The van der Waals surface area contributed by atoms with Gasteiger partial charge < -0.3 is 62.8 Å². The van der Waals surface area contributed by atoms with Gasteiger partial charge in [0.05, 0.1) is 22.6 Å². The first-order valence-corrected chi connectivity index (χ1v) is 22.8. The Hall–Kier alpha value is -9.01. The van der Waals surface area contributed by atoms with Gasteiger partial charge in [0, 0.05) is 33.9 Å². The number of nitrogens with zero attached hydrogens (tertiary/aromatic N) is 2. The third-order valence-electron chi connectivity index (χ3n) is 9.24. The van der Waals surface area contributed by atoms with E-state index < -0.39 is 69.7 Å². The van der Waals surface area contributed by atoms with Gasteiger partial charge in [0.25, 0.3) is 5.56 Å². The average Bonchev–Trinajstić information content (AvgIpc) is 3.32. The number of H-pyrrole nitrogens is 2. The van der Waals surface area contributed by atoms with Gasteiger partial charge in [-0.1, -0.05) is 81.6 Å². The van der Waals surface area contributed by atoms with E-state index in [1.54, 1.807) is 62.4 Å². The van der Waals surface area contributed by atoms with Crippen LogP contribution in [0.25, 0.3) is 21.8 Å². The summed E-state index contributed by atoms with van der Waals surface area (Å²) in [7, 11) is 0. The second-order valence-corrected chi connectivity index (χ2v) is 16.3. The van der Waals surface area contributed by atoms with Crippen LogP contribution in [-0.2, 0) is 33.5 Å². The maximum atomic E-state index is 11.3. The number of hydrogen-bond donors (Lipinski definition) is 11. The quantitative estimate of drug-likeness (QED) is 0.0101. The molecule has 0 bridgehead atoms. The number of carbonyl (C=O) groups is 6. The number of esters is 1. The first-order valence-electron chi connectivity index (χ1n) is 22.4. The van der Waals surface area contributed by atoms with E-state index in [0.29, 0.717) is 27.8 Å². The van der Waals surface area contributed by atoms with Gasteiger partial charge in [-0.2, -0.15) is 5.53 Å². The minimum Gasteiger partial charge on any atom is -0.870 e. The Morgan fingerprint density at radius 2 is 1.05 bits per heavy atom. The van der Waals surface area contributed by atoms with Gasteiger partial charge in [-0.3, -0.25) is 48.5 Å². The summed E-state index contributed by atoms with van der Waals surface area (Å²) in [5, 5.41) is 53.9. The van der Waals surface area contributed by atoms with E-state index in [2.05, 4.69) is 36.4 Å². The van der Waals surface area contributed by atoms with Gasteiger partial charge in [0.1, 0.15) is 25.0 Å². The number of amides is 2. The van der Waals surface area contributed by atoms with E-state index in [-0.39, 0.29) is 64.8 Å². The van der Waals surface area contributed by atoms with Gasteiger partial charge in [-0.25, -0.2) is 0 Å². The van der Waals surface area contributed by atoms with Crippen LogP contribution in [-0.4, -0.2) is 82.4 Å². The fourth-order valence-electron chi connectivity index (χ4n) is 5.75. The van der Waals surface area contributed by atoms with Crippen molar-refractivity contribution in [1.82, 2.24) is 9.97 Å². The first kappa shape index (κ1) is 72.1. The van der Waals surface area contributed by atoms with Crippen molar-refractivity contribution in [2.24, 2.45) is 11.1 Å². The number of hydrogen-bond acceptors (Lipinski definition) is 17. The summed E-state index contributed by atoms with van der Waals surface area (Å²) in [6.07, 6.45) is -1.35. The maximum Gasteiger partial charge on any atom is 1.00 e. The average molecular weight is 1120 g/mol. The number of carboxylic acids is 2. The van der Waals surface area contributed by atoms with Crippen molar-refractivity contribution in [1.29, 1.82) is 5.53 Å². The number of nitrogens with one attached hydrogen (secondary N) is 5. The number of anilines is 3. The molecule has 14 N–H and O–H groups in total. The minimum atomic E-state index is -1.13. The molecule has 0 aliphatic rings. The number of carbonyl (C=O) groups excluding carboxylic acids is 4. The number of nitro groups is 1. The molecule has 0 radical (unpaired) electrons. The number of benzene rings is 5. The van der Waals surface area contributed by atoms with Gasteiger partial charge in [0.2, 0.25) is 22.8 Å². The molecule has 79 heavy (non-hydrogen) atoms. The Bertz CT molecular complexity index is 3170. The molecule has 7 aromatic rings. The van der Waals surface area contributed by atoms with E-state index in [9.17, 15) is 58.7 Å². The molecule has 0 aliphatic carbocycles. The molecule has 2 amide bonds. The molecule has 0 fully saturated rings. The number of rotatable bonds is 10. The van der Waals surface area contributed by atoms with Crippen molar-refractivity contribution in [2.75, 3.05) is 23.0 Å². The van der Waals surface area contributed by atoms with Crippen molar-refractivity contribution >= 4 is 91.1 Å². The summed E-state index contributed by atoms with van der Waals surface area (Å²) in [5.74, 6) is -0.278. The van der Waals surface area contributed by atoms with Crippen LogP contribution in [0.1, 0.15) is 54.0 Å². The van der Waals surface area contributed by atoms with E-state index in [1.807, 2.05) is 88.4 Å². The minimum absolute atomic E-state index is 0. The van der Waals surface area contributed by atoms with E-state index in [0.717, 1.165) is 27.9 Å². The van der Waals surface area contributed by atoms with Crippen LogP contribution < -0.4 is 62.9 Å². The Kier molecular flexibility index (Phi) is 34.4. The third-order valence-corrected chi connectivity index (χ3v) is 9.37. The Labute approximate surface area is 478 Å². The van der Waals surface area contributed by atoms with Crippen LogP contribution >= 0.6 is 11.6 Å². The fourth-order valence-corrected chi connectivity index (χ4v) is 5.86. The SMILES string of the molecule is CCOC(=O)CC(=O)Cl.Cc1ccc(N)cc1.Cc1ccc(NC(=O)CC(=O)O)cc1.Cc1ccc(NC(=O)CC(=O)O)cc1.Cc1ccc2[nH]c(=O)c([N+](=O)[O-])c(O)c2c1.Cc1ccc2[nH]c(=O)cc(O)c2c1.N=NN.[Na+].[OH-]. The van der Waals surface area contributed by atoms with Crippen molar-refractivity contribution in [3.05, 3.63) is 174 Å². The normalized spacial score (nSPS) is 9.30. The van der Waals surface area contributed by atoms with Crippen molar-refractivity contribution in [3.63, 3.8) is 0 Å². The van der Waals surface area contributed by atoms with Gasteiger partial charge in [-0.15, -0.1) is 0 Å². The summed E-state index contributed by atoms with van der Waals surface area (Å²) in [6.45, 7) is 11.6. The zero-order valence-corrected chi connectivity index (χ0v) is 46.7. The molecule has 5 aromatic carbocycles. The predicted molar refractivity (Wildman–Crippen MR) is 292 cm³/mol. The van der Waals surface area contributed by atoms with Crippen molar-refractivity contribution in [2.45, 2.75) is 60.8 Å². The number of aromatic hydroxyl groups is 2. The molecule has 0 spiro atoms. The van der Waals surface area contributed by atoms with Crippen molar-refractivity contribution < 1.29 is 93.9 Å². The summed E-state index contributed by atoms with van der Waals surface area (Å²) in [4.78, 5) is 99.7. The largest absolute Gasteiger partial charge is 1.00 e. The number of ether oxygens (including phenoxy) is 1. The standard InChI is InChI=1S/C10H8N2O4.2C10H11NO3.C10H9NO2.C7H9N.C5H7ClO3.H3N3.Na.H2O/c1-5-2-3-7-6(4-5)9(13)8(12(15)16)10(14)11-7;2*1-7-2-4-8(5-3-7)11-9(12)6-10(13)14;1-6-2-3-8-7(4-6)9(12)5-10(13)11-8;1-6-2-4-7(8)5-3-6;1-2-9-5(8)3-4(6)7;1-3-2;;/h2-4H,1H3,(H2,11,13,14);2*2-5H,6H2,1H3,(H,11,12)(H,13,14);2-5H,1H3,(H2,11,12,13);2-5H,8H2,1H3;2-3H2,1H3;(H3,1,2);;1H2/q;;;;;;;+1;/p-1.